The number of rotatable bonds is 3. The second-order valence-electron chi connectivity index (χ2n) is 6.43. The third-order valence-corrected chi connectivity index (χ3v) is 4.78. The highest BCUT2D eigenvalue weighted by atomic mass is 16.2. The van der Waals surface area contributed by atoms with Gasteiger partial charge >= 0.3 is 0 Å². The van der Waals surface area contributed by atoms with E-state index < -0.39 is 0 Å². The lowest BCUT2D eigenvalue weighted by Gasteiger charge is -2.35. The number of hydrogen-bond acceptors (Lipinski definition) is 4. The first kappa shape index (κ1) is 16.3. The Labute approximate surface area is 152 Å². The fraction of sp³-hybridized carbons (Fsp3) is 0.250. The molecule has 1 saturated heterocycles. The predicted octanol–water partition coefficient (Wildman–Crippen LogP) is 2.54. The molecular weight excluding hydrogens is 326 g/mol. The molecule has 0 bridgehead atoms. The second-order valence-corrected chi connectivity index (χ2v) is 6.43. The number of aryl methyl sites for hydroxylation is 1. The van der Waals surface area contributed by atoms with Crippen molar-refractivity contribution < 1.29 is 4.79 Å². The van der Waals surface area contributed by atoms with Crippen LogP contribution in [-0.4, -0.2) is 51.5 Å². The van der Waals surface area contributed by atoms with Gasteiger partial charge in [-0.05, 0) is 36.8 Å². The Morgan fingerprint density at radius 3 is 2.50 bits per heavy atom. The van der Waals surface area contributed by atoms with Gasteiger partial charge < -0.3 is 14.4 Å². The highest BCUT2D eigenvalue weighted by Crippen LogP contribution is 2.19. The molecule has 132 valence electrons. The molecule has 4 rings (SSSR count). The Bertz CT molecular complexity index is 884. The fourth-order valence-corrected chi connectivity index (χ4v) is 3.29. The summed E-state index contributed by atoms with van der Waals surface area (Å²) in [7, 11) is 0. The molecular formula is C20H21N5O. The molecule has 0 atom stereocenters. The van der Waals surface area contributed by atoms with Gasteiger partial charge in [0.05, 0.1) is 6.20 Å². The lowest BCUT2D eigenvalue weighted by atomic mass is 10.1. The maximum Gasteiger partial charge on any atom is 0.254 e. The quantitative estimate of drug-likeness (QED) is 0.731. The minimum atomic E-state index is 0.0807. The summed E-state index contributed by atoms with van der Waals surface area (Å²) in [4.78, 5) is 25.5. The number of nitrogens with zero attached hydrogens (tertiary/aromatic N) is 5. The monoisotopic (exact) mass is 347 g/mol. The first-order valence-electron chi connectivity index (χ1n) is 8.76. The van der Waals surface area contributed by atoms with Crippen molar-refractivity contribution >= 4 is 11.7 Å². The third kappa shape index (κ3) is 3.18. The number of benzene rings is 1. The molecule has 0 unspecified atom stereocenters. The molecule has 0 N–H and O–H groups in total. The zero-order valence-electron chi connectivity index (χ0n) is 14.7. The number of carbonyl (C=O) groups excluding carboxylic acids is 1. The number of carbonyl (C=O) groups is 1. The summed E-state index contributed by atoms with van der Waals surface area (Å²) in [5.74, 6) is 0.946. The van der Waals surface area contributed by atoms with Gasteiger partial charge in [0.1, 0.15) is 5.82 Å². The molecule has 0 aliphatic carbocycles. The lowest BCUT2D eigenvalue weighted by molar-refractivity contribution is 0.0746. The van der Waals surface area contributed by atoms with Crippen LogP contribution in [0.3, 0.4) is 0 Å². The second kappa shape index (κ2) is 7.00. The minimum absolute atomic E-state index is 0.0807. The fourth-order valence-electron chi connectivity index (χ4n) is 3.29. The predicted molar refractivity (Wildman–Crippen MR) is 101 cm³/mol. The number of piperazine rings is 1. The topological polar surface area (TPSA) is 54.3 Å². The van der Waals surface area contributed by atoms with Crippen molar-refractivity contribution in [2.75, 3.05) is 31.1 Å². The Morgan fingerprint density at radius 1 is 1.04 bits per heavy atom. The van der Waals surface area contributed by atoms with Crippen molar-refractivity contribution in [2.24, 2.45) is 0 Å². The van der Waals surface area contributed by atoms with Gasteiger partial charge in [0.2, 0.25) is 0 Å². The molecule has 2 aromatic heterocycles. The van der Waals surface area contributed by atoms with Gasteiger partial charge in [-0.3, -0.25) is 9.78 Å². The molecule has 6 nitrogen and oxygen atoms in total. The first-order chi connectivity index (χ1) is 12.7. The maximum atomic E-state index is 12.9. The molecule has 6 heteroatoms. The van der Waals surface area contributed by atoms with E-state index in [1.807, 2.05) is 52.2 Å². The Hall–Kier alpha value is -3.15. The molecule has 0 spiro atoms. The van der Waals surface area contributed by atoms with Crippen molar-refractivity contribution in [1.29, 1.82) is 0 Å². The molecule has 1 amide bonds. The van der Waals surface area contributed by atoms with Gasteiger partial charge in [0.25, 0.3) is 5.91 Å². The minimum Gasteiger partial charge on any atom is -0.352 e. The molecule has 26 heavy (non-hydrogen) atoms. The van der Waals surface area contributed by atoms with E-state index in [1.54, 1.807) is 18.6 Å². The number of aromatic nitrogens is 3. The standard InChI is InChI=1S/C20H21N5O/c1-16-4-5-17(14-18(16)23-8-2-3-9-23)20(26)25-12-10-24(11-13-25)19-15-21-6-7-22-19/h2-9,14-15H,10-13H2,1H3. The van der Waals surface area contributed by atoms with Crippen LogP contribution in [-0.2, 0) is 0 Å². The normalized spacial score (nSPS) is 14.5. The molecule has 0 radical (unpaired) electrons. The summed E-state index contributed by atoms with van der Waals surface area (Å²) in [6, 6.07) is 9.88. The van der Waals surface area contributed by atoms with Crippen LogP contribution in [0, 0.1) is 6.92 Å². The van der Waals surface area contributed by atoms with Gasteiger partial charge in [0, 0.05) is 62.2 Å². The largest absolute Gasteiger partial charge is 0.352 e. The summed E-state index contributed by atoms with van der Waals surface area (Å²) in [5.41, 5.74) is 2.91. The average Bonchev–Trinajstić information content (AvgIpc) is 3.23. The summed E-state index contributed by atoms with van der Waals surface area (Å²) < 4.78 is 2.04. The zero-order valence-corrected chi connectivity index (χ0v) is 14.7. The number of amides is 1. The summed E-state index contributed by atoms with van der Waals surface area (Å²) in [6.07, 6.45) is 9.12. The van der Waals surface area contributed by atoms with E-state index in [2.05, 4.69) is 21.8 Å². The Morgan fingerprint density at radius 2 is 1.81 bits per heavy atom. The summed E-state index contributed by atoms with van der Waals surface area (Å²) >= 11 is 0. The van der Waals surface area contributed by atoms with Crippen LogP contribution >= 0.6 is 0 Å². The third-order valence-electron chi connectivity index (χ3n) is 4.78. The van der Waals surface area contributed by atoms with Crippen molar-refractivity contribution in [3.8, 4) is 5.69 Å². The van der Waals surface area contributed by atoms with Crippen LogP contribution in [0.4, 0.5) is 5.82 Å². The highest BCUT2D eigenvalue weighted by molar-refractivity contribution is 5.95. The van der Waals surface area contributed by atoms with Gasteiger partial charge in [-0.25, -0.2) is 4.98 Å². The molecule has 1 aliphatic heterocycles. The Balaban J connectivity index is 1.48. The van der Waals surface area contributed by atoms with Gasteiger partial charge in [-0.15, -0.1) is 0 Å². The van der Waals surface area contributed by atoms with E-state index in [4.69, 9.17) is 0 Å². The smallest absolute Gasteiger partial charge is 0.254 e. The molecule has 1 aliphatic rings. The number of anilines is 1. The van der Waals surface area contributed by atoms with Crippen LogP contribution in [0.5, 0.6) is 0 Å². The highest BCUT2D eigenvalue weighted by Gasteiger charge is 2.23. The molecule has 3 aromatic rings. The van der Waals surface area contributed by atoms with Gasteiger partial charge in [-0.1, -0.05) is 6.07 Å². The summed E-state index contributed by atoms with van der Waals surface area (Å²) in [5, 5.41) is 0. The SMILES string of the molecule is Cc1ccc(C(=O)N2CCN(c3cnccn3)CC2)cc1-n1cccc1. The van der Waals surface area contributed by atoms with Crippen LogP contribution in [0.25, 0.3) is 5.69 Å². The van der Waals surface area contributed by atoms with E-state index in [0.717, 1.165) is 35.7 Å². The van der Waals surface area contributed by atoms with Crippen molar-refractivity contribution in [3.63, 3.8) is 0 Å². The average molecular weight is 347 g/mol. The van der Waals surface area contributed by atoms with Gasteiger partial charge in [-0.2, -0.15) is 0 Å². The van der Waals surface area contributed by atoms with Crippen LogP contribution in [0.15, 0.2) is 61.3 Å². The van der Waals surface area contributed by atoms with Gasteiger partial charge in [0.15, 0.2) is 0 Å². The number of hydrogen-bond donors (Lipinski definition) is 0. The Kier molecular flexibility index (Phi) is 4.39. The van der Waals surface area contributed by atoms with Crippen molar-refractivity contribution in [2.45, 2.75) is 6.92 Å². The first-order valence-corrected chi connectivity index (χ1v) is 8.76. The molecule has 0 saturated carbocycles. The summed E-state index contributed by atoms with van der Waals surface area (Å²) in [6.45, 7) is 4.95. The van der Waals surface area contributed by atoms with E-state index in [0.29, 0.717) is 13.1 Å². The van der Waals surface area contributed by atoms with Crippen molar-refractivity contribution in [3.05, 3.63) is 72.4 Å². The molecule has 1 aromatic carbocycles. The van der Waals surface area contributed by atoms with Crippen LogP contribution in [0.2, 0.25) is 0 Å². The van der Waals surface area contributed by atoms with Crippen LogP contribution < -0.4 is 4.90 Å². The van der Waals surface area contributed by atoms with E-state index in [-0.39, 0.29) is 5.91 Å². The molecule has 1 fully saturated rings. The van der Waals surface area contributed by atoms with E-state index >= 15 is 0 Å². The van der Waals surface area contributed by atoms with E-state index in [9.17, 15) is 4.79 Å². The lowest BCUT2D eigenvalue weighted by Crippen LogP contribution is -2.49. The maximum absolute atomic E-state index is 12.9. The van der Waals surface area contributed by atoms with E-state index in [1.165, 1.54) is 0 Å². The van der Waals surface area contributed by atoms with Crippen molar-refractivity contribution in [1.82, 2.24) is 19.4 Å². The molecule has 3 heterocycles. The van der Waals surface area contributed by atoms with Crippen LogP contribution in [0.1, 0.15) is 15.9 Å². The zero-order chi connectivity index (χ0) is 17.9.